The van der Waals surface area contributed by atoms with Gasteiger partial charge in [-0.15, -0.1) is 6.58 Å². The van der Waals surface area contributed by atoms with Gasteiger partial charge in [0, 0.05) is 13.0 Å². The van der Waals surface area contributed by atoms with Gasteiger partial charge in [-0.2, -0.15) is 0 Å². The maximum atomic E-state index is 11.9. The van der Waals surface area contributed by atoms with Crippen molar-refractivity contribution in [1.82, 2.24) is 5.32 Å². The molecule has 0 radical (unpaired) electrons. The molecule has 1 amide bonds. The maximum Gasteiger partial charge on any atom is 0.303 e. The lowest BCUT2D eigenvalue weighted by Gasteiger charge is -2.33. The standard InChI is InChI=1S/C17H25NO4/c1-6-7-16-11(2)10-15(13(4)22-16)18-17(20)9-8-12(3)21-14(5)19/h6,8-10,12-13,15-16H,1,7H2,2-5H3,(H,18,20)/t12?,13-,15-,16+/m1/s1. The number of carbonyl (C=O) groups excluding carboxylic acids is 2. The van der Waals surface area contributed by atoms with E-state index in [1.54, 1.807) is 13.0 Å². The number of hydrogen-bond donors (Lipinski definition) is 1. The van der Waals surface area contributed by atoms with E-state index in [2.05, 4.69) is 11.9 Å². The van der Waals surface area contributed by atoms with Gasteiger partial charge in [-0.05, 0) is 38.8 Å². The van der Waals surface area contributed by atoms with Crippen molar-refractivity contribution >= 4 is 11.9 Å². The van der Waals surface area contributed by atoms with E-state index in [-0.39, 0.29) is 30.1 Å². The Morgan fingerprint density at radius 1 is 1.55 bits per heavy atom. The molecule has 1 aliphatic heterocycles. The molecular formula is C17H25NO4. The molecule has 1 rings (SSSR count). The van der Waals surface area contributed by atoms with E-state index in [9.17, 15) is 9.59 Å². The van der Waals surface area contributed by atoms with Crippen LogP contribution in [0.5, 0.6) is 0 Å². The smallest absolute Gasteiger partial charge is 0.303 e. The van der Waals surface area contributed by atoms with Gasteiger partial charge < -0.3 is 14.8 Å². The molecule has 0 saturated heterocycles. The van der Waals surface area contributed by atoms with Crippen LogP contribution in [-0.4, -0.2) is 36.2 Å². The molecule has 0 spiro atoms. The minimum atomic E-state index is -0.433. The third-order valence-corrected chi connectivity index (χ3v) is 3.40. The fourth-order valence-electron chi connectivity index (χ4n) is 2.27. The lowest BCUT2D eigenvalue weighted by molar-refractivity contribution is -0.143. The fourth-order valence-corrected chi connectivity index (χ4v) is 2.27. The molecule has 1 unspecified atom stereocenters. The Hall–Kier alpha value is -1.88. The van der Waals surface area contributed by atoms with Crippen LogP contribution in [0.4, 0.5) is 0 Å². The maximum absolute atomic E-state index is 11.9. The zero-order valence-electron chi connectivity index (χ0n) is 13.7. The van der Waals surface area contributed by atoms with Gasteiger partial charge in [0.2, 0.25) is 5.91 Å². The first-order chi connectivity index (χ1) is 10.3. The van der Waals surface area contributed by atoms with E-state index in [0.29, 0.717) is 0 Å². The Balaban J connectivity index is 2.59. The summed E-state index contributed by atoms with van der Waals surface area (Å²) in [5, 5.41) is 2.88. The highest BCUT2D eigenvalue weighted by Gasteiger charge is 2.27. The van der Waals surface area contributed by atoms with Crippen LogP contribution in [0.15, 0.2) is 36.5 Å². The quantitative estimate of drug-likeness (QED) is 0.464. The zero-order valence-corrected chi connectivity index (χ0v) is 13.7. The minimum absolute atomic E-state index is 0.0279. The highest BCUT2D eigenvalue weighted by Crippen LogP contribution is 2.22. The Morgan fingerprint density at radius 2 is 2.23 bits per heavy atom. The van der Waals surface area contributed by atoms with Gasteiger partial charge in [-0.1, -0.05) is 12.2 Å². The van der Waals surface area contributed by atoms with Gasteiger partial charge in [0.25, 0.3) is 0 Å². The lowest BCUT2D eigenvalue weighted by Crippen LogP contribution is -2.46. The van der Waals surface area contributed by atoms with Crippen LogP contribution in [0, 0.1) is 0 Å². The number of hydrogen-bond acceptors (Lipinski definition) is 4. The monoisotopic (exact) mass is 307 g/mol. The number of carbonyl (C=O) groups is 2. The summed E-state index contributed by atoms with van der Waals surface area (Å²) in [6.45, 7) is 10.7. The van der Waals surface area contributed by atoms with Crippen molar-refractivity contribution in [3.05, 3.63) is 36.5 Å². The zero-order chi connectivity index (χ0) is 16.7. The number of esters is 1. The second-order valence-electron chi connectivity index (χ2n) is 5.47. The second kappa shape index (κ2) is 8.54. The summed E-state index contributed by atoms with van der Waals surface area (Å²) in [6.07, 6.45) is 7.00. The van der Waals surface area contributed by atoms with Crippen molar-refractivity contribution in [2.75, 3.05) is 0 Å². The molecule has 122 valence electrons. The first kappa shape index (κ1) is 18.2. The lowest BCUT2D eigenvalue weighted by atomic mass is 9.98. The average Bonchev–Trinajstić information content (AvgIpc) is 2.41. The highest BCUT2D eigenvalue weighted by molar-refractivity contribution is 5.88. The van der Waals surface area contributed by atoms with E-state index >= 15 is 0 Å². The van der Waals surface area contributed by atoms with Crippen LogP contribution >= 0.6 is 0 Å². The van der Waals surface area contributed by atoms with Crippen molar-refractivity contribution in [2.24, 2.45) is 0 Å². The van der Waals surface area contributed by atoms with Gasteiger partial charge >= 0.3 is 5.97 Å². The summed E-state index contributed by atoms with van der Waals surface area (Å²) in [5.41, 5.74) is 1.08. The summed E-state index contributed by atoms with van der Waals surface area (Å²) in [7, 11) is 0. The molecule has 0 fully saturated rings. The Morgan fingerprint density at radius 3 is 2.82 bits per heavy atom. The third-order valence-electron chi connectivity index (χ3n) is 3.40. The number of ether oxygens (including phenoxy) is 2. The van der Waals surface area contributed by atoms with E-state index < -0.39 is 6.10 Å². The summed E-state index contributed by atoms with van der Waals surface area (Å²) < 4.78 is 10.8. The molecule has 0 aromatic rings. The fraction of sp³-hybridized carbons (Fsp3) is 0.529. The normalized spacial score (nSPS) is 26.2. The Bertz CT molecular complexity index is 481. The molecule has 0 bridgehead atoms. The molecule has 0 aromatic heterocycles. The summed E-state index contributed by atoms with van der Waals surface area (Å²) in [5.74, 6) is -0.621. The van der Waals surface area contributed by atoms with Crippen LogP contribution in [0.3, 0.4) is 0 Å². The van der Waals surface area contributed by atoms with Crippen molar-refractivity contribution < 1.29 is 19.1 Å². The van der Waals surface area contributed by atoms with Crippen molar-refractivity contribution in [1.29, 1.82) is 0 Å². The molecule has 0 aliphatic carbocycles. The van der Waals surface area contributed by atoms with E-state index in [4.69, 9.17) is 9.47 Å². The summed E-state index contributed by atoms with van der Waals surface area (Å²) in [6, 6.07) is -0.178. The first-order valence-corrected chi connectivity index (χ1v) is 7.44. The van der Waals surface area contributed by atoms with Gasteiger partial charge in [-0.3, -0.25) is 9.59 Å². The predicted octanol–water partition coefficient (Wildman–Crippen LogP) is 2.29. The van der Waals surface area contributed by atoms with Crippen molar-refractivity contribution in [2.45, 2.75) is 58.5 Å². The Kier molecular flexibility index (Phi) is 7.05. The van der Waals surface area contributed by atoms with Gasteiger partial charge in [-0.25, -0.2) is 0 Å². The van der Waals surface area contributed by atoms with E-state index in [1.165, 1.54) is 13.0 Å². The van der Waals surface area contributed by atoms with Gasteiger partial charge in [0.05, 0.1) is 18.2 Å². The molecule has 0 saturated carbocycles. The topological polar surface area (TPSA) is 64.6 Å². The number of amides is 1. The van der Waals surface area contributed by atoms with E-state index in [0.717, 1.165) is 12.0 Å². The molecule has 4 atom stereocenters. The van der Waals surface area contributed by atoms with Crippen LogP contribution in [0.2, 0.25) is 0 Å². The van der Waals surface area contributed by atoms with Crippen LogP contribution in [-0.2, 0) is 19.1 Å². The molecule has 5 heteroatoms. The highest BCUT2D eigenvalue weighted by atomic mass is 16.5. The largest absolute Gasteiger partial charge is 0.459 e. The predicted molar refractivity (Wildman–Crippen MR) is 85.2 cm³/mol. The molecular weight excluding hydrogens is 282 g/mol. The molecule has 1 heterocycles. The van der Waals surface area contributed by atoms with E-state index in [1.807, 2.05) is 26.0 Å². The third kappa shape index (κ3) is 5.85. The van der Waals surface area contributed by atoms with Crippen molar-refractivity contribution in [3.8, 4) is 0 Å². The van der Waals surface area contributed by atoms with Gasteiger partial charge in [0.1, 0.15) is 6.10 Å². The molecule has 1 aliphatic rings. The molecule has 5 nitrogen and oxygen atoms in total. The summed E-state index contributed by atoms with van der Waals surface area (Å²) >= 11 is 0. The summed E-state index contributed by atoms with van der Waals surface area (Å²) in [4.78, 5) is 22.7. The number of nitrogens with one attached hydrogen (secondary N) is 1. The first-order valence-electron chi connectivity index (χ1n) is 7.44. The molecule has 22 heavy (non-hydrogen) atoms. The SMILES string of the molecule is C=CC[C@@H]1O[C@H](C)[C@H](NC(=O)C=CC(C)OC(C)=O)C=C1C. The van der Waals surface area contributed by atoms with Gasteiger partial charge in [0.15, 0.2) is 0 Å². The molecule has 1 N–H and O–H groups in total. The van der Waals surface area contributed by atoms with Crippen LogP contribution in [0.1, 0.15) is 34.1 Å². The van der Waals surface area contributed by atoms with Crippen molar-refractivity contribution in [3.63, 3.8) is 0 Å². The Labute approximate surface area is 132 Å². The molecule has 0 aromatic carbocycles. The van der Waals surface area contributed by atoms with Crippen LogP contribution in [0.25, 0.3) is 0 Å². The van der Waals surface area contributed by atoms with Crippen LogP contribution < -0.4 is 5.32 Å². The average molecular weight is 307 g/mol. The number of rotatable bonds is 6. The minimum Gasteiger partial charge on any atom is -0.459 e. The second-order valence-corrected chi connectivity index (χ2v) is 5.47.